The fourth-order valence-corrected chi connectivity index (χ4v) is 3.22. The first kappa shape index (κ1) is 22.0. The predicted octanol–water partition coefficient (Wildman–Crippen LogP) is 1.49. The van der Waals surface area contributed by atoms with Gasteiger partial charge in [0.25, 0.3) is 0 Å². The van der Waals surface area contributed by atoms with E-state index >= 15 is 0 Å². The molecule has 3 rings (SSSR count). The molecule has 2 heterocycles. The maximum absolute atomic E-state index is 14.4. The van der Waals surface area contributed by atoms with Crippen molar-refractivity contribution in [2.75, 3.05) is 26.2 Å². The van der Waals surface area contributed by atoms with Crippen molar-refractivity contribution >= 4 is 11.9 Å². The summed E-state index contributed by atoms with van der Waals surface area (Å²) < 4.78 is 32.7. The quantitative estimate of drug-likeness (QED) is 0.723. The molecule has 0 spiro atoms. The number of aliphatic hydroxyl groups is 1. The lowest BCUT2D eigenvalue weighted by Gasteiger charge is -2.43. The van der Waals surface area contributed by atoms with E-state index in [0.29, 0.717) is 0 Å². The summed E-state index contributed by atoms with van der Waals surface area (Å²) in [5.74, 6) is -1.44. The highest BCUT2D eigenvalue weighted by Crippen LogP contribution is 2.32. The summed E-state index contributed by atoms with van der Waals surface area (Å²) in [4.78, 5) is 5.97. The fourth-order valence-electron chi connectivity index (χ4n) is 3.22. The molecule has 1 aliphatic heterocycles. The molecule has 1 saturated heterocycles. The molecule has 2 N–H and O–H groups in total. The highest BCUT2D eigenvalue weighted by molar-refractivity contribution is 6.08. The van der Waals surface area contributed by atoms with Gasteiger partial charge in [-0.15, -0.1) is 0 Å². The first-order valence-corrected chi connectivity index (χ1v) is 8.91. The summed E-state index contributed by atoms with van der Waals surface area (Å²) >= 11 is 4.45. The molecule has 2 atom stereocenters. The van der Waals surface area contributed by atoms with E-state index in [1.54, 1.807) is 6.11 Å². The molecule has 0 radical (unpaired) electrons. The van der Waals surface area contributed by atoms with Crippen molar-refractivity contribution in [2.24, 2.45) is 0 Å². The minimum absolute atomic E-state index is 0.0284. The number of halogens is 3. The molecule has 0 bridgehead atoms. The largest absolute Gasteiger partial charge is 0.381 e. The van der Waals surface area contributed by atoms with Gasteiger partial charge in [0.05, 0.1) is 6.54 Å². The van der Waals surface area contributed by atoms with Crippen LogP contribution in [0.2, 0.25) is 0 Å². The summed E-state index contributed by atoms with van der Waals surface area (Å²) in [5.41, 5.74) is -1.51. The molecule has 1 aromatic heterocycles. The van der Waals surface area contributed by atoms with E-state index in [1.807, 2.05) is 6.92 Å². The van der Waals surface area contributed by atoms with Gasteiger partial charge >= 0.3 is 0 Å². The Bertz CT molecular complexity index is 781. The van der Waals surface area contributed by atoms with Crippen LogP contribution in [-0.2, 0) is 16.4 Å². The van der Waals surface area contributed by atoms with Crippen molar-refractivity contribution in [1.29, 1.82) is 0 Å². The van der Waals surface area contributed by atoms with Crippen molar-refractivity contribution in [3.63, 3.8) is 0 Å². The van der Waals surface area contributed by atoms with Gasteiger partial charge in [-0.2, -0.15) is 5.10 Å². The standard InChI is InChI=1S/C16H21F2N5O.C2HClO/c1-12(22-6-4-19-5-7-22)16(24,9-23-11-20-10-21-23)14-3-2-13(17)8-15(14)18;1-2-4-3/h2-3,8,10-12,19,24H,4-7,9H2,1H3;1H. The molecule has 0 saturated carbocycles. The summed E-state index contributed by atoms with van der Waals surface area (Å²) in [6.07, 6.45) is 8.95. The Labute approximate surface area is 167 Å². The van der Waals surface area contributed by atoms with Crippen LogP contribution in [0.3, 0.4) is 0 Å². The Hall–Kier alpha value is -2.25. The van der Waals surface area contributed by atoms with Crippen LogP contribution in [0.25, 0.3) is 0 Å². The molecule has 10 heteroatoms. The third-order valence-electron chi connectivity index (χ3n) is 4.70. The van der Waals surface area contributed by atoms with Gasteiger partial charge < -0.3 is 14.7 Å². The van der Waals surface area contributed by atoms with Gasteiger partial charge in [-0.25, -0.2) is 18.4 Å². The molecule has 2 unspecified atom stereocenters. The van der Waals surface area contributed by atoms with Crippen molar-refractivity contribution in [3.8, 4) is 12.5 Å². The highest BCUT2D eigenvalue weighted by Gasteiger charge is 2.42. The second-order valence-electron chi connectivity index (χ2n) is 6.30. The van der Waals surface area contributed by atoms with Crippen LogP contribution >= 0.6 is 11.9 Å². The Morgan fingerprint density at radius 1 is 1.43 bits per heavy atom. The van der Waals surface area contributed by atoms with Crippen molar-refractivity contribution in [2.45, 2.75) is 25.1 Å². The van der Waals surface area contributed by atoms with E-state index in [-0.39, 0.29) is 18.2 Å². The van der Waals surface area contributed by atoms with E-state index in [9.17, 15) is 13.9 Å². The van der Waals surface area contributed by atoms with Crippen LogP contribution < -0.4 is 5.32 Å². The summed E-state index contributed by atoms with van der Waals surface area (Å²) in [5, 5.41) is 18.7. The van der Waals surface area contributed by atoms with Crippen LogP contribution in [0.5, 0.6) is 0 Å². The van der Waals surface area contributed by atoms with Crippen LogP contribution in [0, 0.1) is 24.2 Å². The number of rotatable bonds is 5. The smallest absolute Gasteiger partial charge is 0.147 e. The predicted molar refractivity (Wildman–Crippen MR) is 100.0 cm³/mol. The van der Waals surface area contributed by atoms with E-state index < -0.39 is 17.2 Å². The van der Waals surface area contributed by atoms with Gasteiger partial charge in [0, 0.05) is 43.9 Å². The average molecular weight is 414 g/mol. The SMILES string of the molecule is C#COCl.CC(N1CCNCC1)C(O)(Cn1cncn1)c1ccc(F)cc1F. The first-order valence-electron chi connectivity index (χ1n) is 8.60. The highest BCUT2D eigenvalue weighted by atomic mass is 35.5. The molecule has 7 nitrogen and oxygen atoms in total. The third kappa shape index (κ3) is 5.39. The molecule has 28 heavy (non-hydrogen) atoms. The number of nitrogens with one attached hydrogen (secondary N) is 1. The van der Waals surface area contributed by atoms with Gasteiger partial charge in [-0.3, -0.25) is 4.90 Å². The summed E-state index contributed by atoms with van der Waals surface area (Å²) in [6, 6.07) is 2.88. The van der Waals surface area contributed by atoms with E-state index in [1.165, 1.54) is 23.4 Å². The van der Waals surface area contributed by atoms with Crippen LogP contribution in [-0.4, -0.2) is 57.0 Å². The number of aromatic nitrogens is 3. The average Bonchev–Trinajstić information content (AvgIpc) is 3.20. The monoisotopic (exact) mass is 413 g/mol. The number of terminal acetylenes is 1. The Morgan fingerprint density at radius 3 is 2.64 bits per heavy atom. The van der Waals surface area contributed by atoms with Gasteiger partial charge in [0.15, 0.2) is 0 Å². The lowest BCUT2D eigenvalue weighted by molar-refractivity contribution is -0.0663. The van der Waals surface area contributed by atoms with Gasteiger partial charge in [-0.05, 0) is 13.0 Å². The molecule has 2 aromatic rings. The minimum Gasteiger partial charge on any atom is -0.381 e. The number of piperazine rings is 1. The second-order valence-corrected chi connectivity index (χ2v) is 6.45. The molecular weight excluding hydrogens is 392 g/mol. The summed E-state index contributed by atoms with van der Waals surface area (Å²) in [6.45, 7) is 4.96. The van der Waals surface area contributed by atoms with Crippen molar-refractivity contribution in [1.82, 2.24) is 25.0 Å². The maximum atomic E-state index is 14.4. The molecular formula is C18H22ClF2N5O2. The molecule has 0 amide bonds. The number of hydrogen-bond acceptors (Lipinski definition) is 6. The van der Waals surface area contributed by atoms with Crippen molar-refractivity contribution in [3.05, 3.63) is 48.1 Å². The van der Waals surface area contributed by atoms with Gasteiger partial charge in [0.2, 0.25) is 0 Å². The van der Waals surface area contributed by atoms with E-state index in [4.69, 9.17) is 0 Å². The van der Waals surface area contributed by atoms with Gasteiger partial charge in [0.1, 0.15) is 47.9 Å². The molecule has 1 aromatic carbocycles. The normalized spacial score (nSPS) is 17.6. The topological polar surface area (TPSA) is 75.4 Å². The zero-order valence-corrected chi connectivity index (χ0v) is 16.1. The van der Waals surface area contributed by atoms with Crippen LogP contribution in [0.15, 0.2) is 30.9 Å². The van der Waals surface area contributed by atoms with Crippen LogP contribution in [0.1, 0.15) is 12.5 Å². The zero-order chi connectivity index (χ0) is 20.6. The van der Waals surface area contributed by atoms with Crippen molar-refractivity contribution < 1.29 is 18.2 Å². The summed E-state index contributed by atoms with van der Waals surface area (Å²) in [7, 11) is 0. The lowest BCUT2D eigenvalue weighted by atomic mass is 9.85. The Morgan fingerprint density at radius 2 is 2.11 bits per heavy atom. The fraction of sp³-hybridized carbons (Fsp3) is 0.444. The molecule has 152 valence electrons. The number of nitrogens with zero attached hydrogens (tertiary/aromatic N) is 4. The minimum atomic E-state index is -1.57. The van der Waals surface area contributed by atoms with Gasteiger partial charge in [-0.1, -0.05) is 12.5 Å². The second kappa shape index (κ2) is 10.3. The number of benzene rings is 1. The third-order valence-corrected chi connectivity index (χ3v) is 4.79. The molecule has 1 fully saturated rings. The molecule has 1 aliphatic rings. The van der Waals surface area contributed by atoms with E-state index in [0.717, 1.165) is 38.3 Å². The van der Waals surface area contributed by atoms with Crippen LogP contribution in [0.4, 0.5) is 8.78 Å². The molecule has 0 aliphatic carbocycles. The first-order chi connectivity index (χ1) is 13.4. The maximum Gasteiger partial charge on any atom is 0.147 e. The Balaban J connectivity index is 0.000000640. The zero-order valence-electron chi connectivity index (χ0n) is 15.4. The van der Waals surface area contributed by atoms with E-state index in [2.05, 4.69) is 42.9 Å². The Kier molecular flexibility index (Phi) is 8.14. The number of hydrogen-bond donors (Lipinski definition) is 2. The lowest BCUT2D eigenvalue weighted by Crippen LogP contribution is -2.56.